The molecule has 0 N–H and O–H groups in total. The average molecular weight is 285 g/mol. The van der Waals surface area contributed by atoms with E-state index in [-0.39, 0.29) is 11.5 Å². The highest BCUT2D eigenvalue weighted by atomic mass is 16.6. The van der Waals surface area contributed by atoms with E-state index >= 15 is 0 Å². The van der Waals surface area contributed by atoms with Crippen LogP contribution in [0.4, 0.5) is 5.69 Å². The van der Waals surface area contributed by atoms with Crippen molar-refractivity contribution in [3.05, 3.63) is 69.3 Å². The minimum absolute atomic E-state index is 0.0881. The highest BCUT2D eigenvalue weighted by molar-refractivity contribution is 6.10. The van der Waals surface area contributed by atoms with E-state index in [9.17, 15) is 14.9 Å². The molecule has 5 nitrogen and oxygen atoms in total. The molecule has 108 valence electrons. The zero-order valence-electron chi connectivity index (χ0n) is 11.8. The van der Waals surface area contributed by atoms with Crippen molar-refractivity contribution in [1.82, 2.24) is 0 Å². The minimum Gasteiger partial charge on any atom is -0.494 e. The Hall–Kier alpha value is -2.69. The number of nitrogens with zero attached hydrogens (tertiary/aromatic N) is 1. The van der Waals surface area contributed by atoms with Gasteiger partial charge in [-0.15, -0.1) is 0 Å². The SMILES string of the molecule is CCOc1ccc(C(=O)c2cc([N+](=O)[O-])ccc2C)cc1. The van der Waals surface area contributed by atoms with Crippen LogP contribution in [0.1, 0.15) is 28.4 Å². The van der Waals surface area contributed by atoms with Crippen LogP contribution in [0.25, 0.3) is 0 Å². The van der Waals surface area contributed by atoms with Crippen LogP contribution in [0.3, 0.4) is 0 Å². The van der Waals surface area contributed by atoms with Crippen LogP contribution in [0.2, 0.25) is 0 Å². The van der Waals surface area contributed by atoms with Gasteiger partial charge in [-0.25, -0.2) is 0 Å². The maximum Gasteiger partial charge on any atom is 0.270 e. The fourth-order valence-electron chi connectivity index (χ4n) is 1.99. The van der Waals surface area contributed by atoms with Gasteiger partial charge < -0.3 is 4.74 Å². The summed E-state index contributed by atoms with van der Waals surface area (Å²) in [7, 11) is 0. The highest BCUT2D eigenvalue weighted by Crippen LogP contribution is 2.21. The lowest BCUT2D eigenvalue weighted by atomic mass is 9.98. The second-order valence-corrected chi connectivity index (χ2v) is 4.54. The Kier molecular flexibility index (Phi) is 4.33. The number of aryl methyl sites for hydroxylation is 1. The molecule has 2 rings (SSSR count). The third-order valence-electron chi connectivity index (χ3n) is 3.10. The molecule has 0 fully saturated rings. The molecular weight excluding hydrogens is 270 g/mol. The number of rotatable bonds is 5. The Labute approximate surface area is 122 Å². The van der Waals surface area contributed by atoms with Crippen molar-refractivity contribution in [3.8, 4) is 5.75 Å². The summed E-state index contributed by atoms with van der Waals surface area (Å²) in [4.78, 5) is 22.8. The second kappa shape index (κ2) is 6.17. The Morgan fingerprint density at radius 1 is 1.19 bits per heavy atom. The van der Waals surface area contributed by atoms with Gasteiger partial charge in [0.25, 0.3) is 5.69 Å². The summed E-state index contributed by atoms with van der Waals surface area (Å²) in [6.07, 6.45) is 0. The maximum absolute atomic E-state index is 12.4. The Bertz CT molecular complexity index is 677. The largest absolute Gasteiger partial charge is 0.494 e. The first kappa shape index (κ1) is 14.7. The number of carbonyl (C=O) groups is 1. The standard InChI is InChI=1S/C16H15NO4/c1-3-21-14-8-5-12(6-9-14)16(18)15-10-13(17(19)20)7-4-11(15)2/h4-10H,3H2,1-2H3. The van der Waals surface area contributed by atoms with Crippen LogP contribution in [0.15, 0.2) is 42.5 Å². The van der Waals surface area contributed by atoms with Gasteiger partial charge in [-0.3, -0.25) is 14.9 Å². The first-order valence-corrected chi connectivity index (χ1v) is 6.55. The predicted molar refractivity (Wildman–Crippen MR) is 78.9 cm³/mol. The van der Waals surface area contributed by atoms with Crippen molar-refractivity contribution in [1.29, 1.82) is 0 Å². The van der Waals surface area contributed by atoms with E-state index in [4.69, 9.17) is 4.74 Å². The predicted octanol–water partition coefficient (Wildman–Crippen LogP) is 3.53. The number of benzene rings is 2. The second-order valence-electron chi connectivity index (χ2n) is 4.54. The number of ketones is 1. The molecule has 21 heavy (non-hydrogen) atoms. The summed E-state index contributed by atoms with van der Waals surface area (Å²) in [5.74, 6) is 0.448. The van der Waals surface area contributed by atoms with Gasteiger partial charge in [-0.05, 0) is 43.7 Å². The van der Waals surface area contributed by atoms with Crippen molar-refractivity contribution in [2.45, 2.75) is 13.8 Å². The average Bonchev–Trinajstić information content (AvgIpc) is 2.48. The topological polar surface area (TPSA) is 69.4 Å². The molecule has 0 aliphatic carbocycles. The smallest absolute Gasteiger partial charge is 0.270 e. The number of hydrogen-bond acceptors (Lipinski definition) is 4. The monoisotopic (exact) mass is 285 g/mol. The summed E-state index contributed by atoms with van der Waals surface area (Å²) in [5.41, 5.74) is 1.43. The van der Waals surface area contributed by atoms with Crippen LogP contribution in [-0.4, -0.2) is 17.3 Å². The van der Waals surface area contributed by atoms with E-state index in [0.29, 0.717) is 29.0 Å². The van der Waals surface area contributed by atoms with Crippen molar-refractivity contribution in [3.63, 3.8) is 0 Å². The molecule has 0 saturated heterocycles. The van der Waals surface area contributed by atoms with Gasteiger partial charge in [0, 0.05) is 23.3 Å². The van der Waals surface area contributed by atoms with Gasteiger partial charge in [0.2, 0.25) is 0 Å². The molecule has 0 aromatic heterocycles. The molecule has 0 saturated carbocycles. The molecule has 2 aromatic carbocycles. The van der Waals surface area contributed by atoms with Gasteiger partial charge in [-0.2, -0.15) is 0 Å². The third-order valence-corrected chi connectivity index (χ3v) is 3.10. The highest BCUT2D eigenvalue weighted by Gasteiger charge is 2.16. The zero-order chi connectivity index (χ0) is 15.4. The lowest BCUT2D eigenvalue weighted by Crippen LogP contribution is -2.05. The zero-order valence-corrected chi connectivity index (χ0v) is 11.8. The van der Waals surface area contributed by atoms with Crippen LogP contribution in [-0.2, 0) is 0 Å². The van der Waals surface area contributed by atoms with Gasteiger partial charge in [0.1, 0.15) is 5.75 Å². The lowest BCUT2D eigenvalue weighted by molar-refractivity contribution is -0.384. The summed E-state index contributed by atoms with van der Waals surface area (Å²) < 4.78 is 5.32. The molecule has 0 heterocycles. The van der Waals surface area contributed by atoms with E-state index in [1.165, 1.54) is 12.1 Å². The molecule has 0 atom stereocenters. The maximum atomic E-state index is 12.4. The molecule has 0 spiro atoms. The van der Waals surface area contributed by atoms with Crippen molar-refractivity contribution in [2.24, 2.45) is 0 Å². The van der Waals surface area contributed by atoms with E-state index in [0.717, 1.165) is 0 Å². The fourth-order valence-corrected chi connectivity index (χ4v) is 1.99. The molecule has 0 unspecified atom stereocenters. The summed E-state index contributed by atoms with van der Waals surface area (Å²) in [6, 6.07) is 11.0. The quantitative estimate of drug-likeness (QED) is 0.478. The van der Waals surface area contributed by atoms with Gasteiger partial charge in [0.05, 0.1) is 11.5 Å². The van der Waals surface area contributed by atoms with Gasteiger partial charge >= 0.3 is 0 Å². The summed E-state index contributed by atoms with van der Waals surface area (Å²) in [6.45, 7) is 4.19. The number of nitro groups is 1. The van der Waals surface area contributed by atoms with Gasteiger partial charge in [-0.1, -0.05) is 6.07 Å². The van der Waals surface area contributed by atoms with Gasteiger partial charge in [0.15, 0.2) is 5.78 Å². The van der Waals surface area contributed by atoms with Crippen molar-refractivity contribution < 1.29 is 14.5 Å². The first-order valence-electron chi connectivity index (χ1n) is 6.55. The number of non-ortho nitro benzene ring substituents is 1. The molecule has 0 aliphatic rings. The number of ether oxygens (including phenoxy) is 1. The van der Waals surface area contributed by atoms with E-state index in [1.54, 1.807) is 37.3 Å². The van der Waals surface area contributed by atoms with E-state index in [1.807, 2.05) is 6.92 Å². The molecule has 2 aromatic rings. The van der Waals surface area contributed by atoms with Crippen molar-refractivity contribution in [2.75, 3.05) is 6.61 Å². The number of nitro benzene ring substituents is 1. The molecule has 0 bridgehead atoms. The minimum atomic E-state index is -0.506. The fraction of sp³-hybridized carbons (Fsp3) is 0.188. The summed E-state index contributed by atoms with van der Waals surface area (Å²) in [5, 5.41) is 10.8. The summed E-state index contributed by atoms with van der Waals surface area (Å²) >= 11 is 0. The van der Waals surface area contributed by atoms with Crippen LogP contribution >= 0.6 is 0 Å². The van der Waals surface area contributed by atoms with Crippen LogP contribution in [0, 0.1) is 17.0 Å². The van der Waals surface area contributed by atoms with E-state index in [2.05, 4.69) is 0 Å². The normalized spacial score (nSPS) is 10.2. The first-order chi connectivity index (χ1) is 10.0. The number of hydrogen-bond donors (Lipinski definition) is 0. The van der Waals surface area contributed by atoms with E-state index < -0.39 is 4.92 Å². The Morgan fingerprint density at radius 2 is 1.86 bits per heavy atom. The molecular formula is C16H15NO4. The van der Waals surface area contributed by atoms with Crippen LogP contribution < -0.4 is 4.74 Å². The number of carbonyl (C=O) groups excluding carboxylic acids is 1. The molecule has 5 heteroatoms. The molecule has 0 amide bonds. The third kappa shape index (κ3) is 3.25. The Balaban J connectivity index is 2.35. The lowest BCUT2D eigenvalue weighted by Gasteiger charge is -2.07. The Morgan fingerprint density at radius 3 is 2.43 bits per heavy atom. The van der Waals surface area contributed by atoms with Crippen LogP contribution in [0.5, 0.6) is 5.75 Å². The molecule has 0 radical (unpaired) electrons. The molecule has 0 aliphatic heterocycles. The van der Waals surface area contributed by atoms with Crippen molar-refractivity contribution >= 4 is 11.5 Å².